The molecule has 3 aromatic rings. The van der Waals surface area contributed by atoms with E-state index in [4.69, 9.17) is 9.47 Å². The molecule has 1 heterocycles. The Kier molecular flexibility index (Phi) is 6.59. The van der Waals surface area contributed by atoms with Gasteiger partial charge in [-0.2, -0.15) is 18.6 Å². The fraction of sp³-hybridized carbons (Fsp3) is 0.211. The SMILES string of the molecule is CCOc1ccc(/C=N\n2c(SC(F)F)nnc2-c2ccc(OC)cc2)cc1. The molecule has 0 saturated heterocycles. The van der Waals surface area contributed by atoms with Gasteiger partial charge in [0.25, 0.3) is 5.76 Å². The maximum Gasteiger partial charge on any atom is 0.291 e. The first kappa shape index (κ1) is 19.8. The average Bonchev–Trinajstić information content (AvgIpc) is 3.09. The van der Waals surface area contributed by atoms with Crippen LogP contribution in [0.15, 0.2) is 58.8 Å². The number of hydrogen-bond donors (Lipinski definition) is 0. The van der Waals surface area contributed by atoms with Crippen molar-refractivity contribution in [1.29, 1.82) is 0 Å². The third kappa shape index (κ3) is 4.86. The minimum absolute atomic E-state index is 0.00278. The Bertz CT molecular complexity index is 928. The van der Waals surface area contributed by atoms with Gasteiger partial charge in [0, 0.05) is 5.56 Å². The van der Waals surface area contributed by atoms with E-state index < -0.39 is 5.76 Å². The fourth-order valence-electron chi connectivity index (χ4n) is 2.38. The monoisotopic (exact) mass is 404 g/mol. The Hall–Kier alpha value is -2.94. The molecule has 6 nitrogen and oxygen atoms in total. The zero-order chi connectivity index (χ0) is 19.9. The van der Waals surface area contributed by atoms with E-state index in [1.807, 2.05) is 31.2 Å². The number of ether oxygens (including phenoxy) is 2. The van der Waals surface area contributed by atoms with Crippen molar-refractivity contribution in [3.05, 3.63) is 54.1 Å². The molecule has 0 unspecified atom stereocenters. The van der Waals surface area contributed by atoms with Crippen molar-refractivity contribution in [2.75, 3.05) is 13.7 Å². The highest BCUT2D eigenvalue weighted by Crippen LogP contribution is 2.28. The third-order valence-electron chi connectivity index (χ3n) is 3.67. The number of methoxy groups -OCH3 is 1. The van der Waals surface area contributed by atoms with Crippen LogP contribution in [0.4, 0.5) is 8.78 Å². The second kappa shape index (κ2) is 9.32. The molecule has 9 heteroatoms. The lowest BCUT2D eigenvalue weighted by Gasteiger charge is -2.06. The van der Waals surface area contributed by atoms with Gasteiger partial charge in [-0.15, -0.1) is 10.2 Å². The van der Waals surface area contributed by atoms with Gasteiger partial charge in [0.2, 0.25) is 5.16 Å². The average molecular weight is 404 g/mol. The standard InChI is InChI=1S/C19H18F2N4O2S/c1-3-27-16-8-4-13(5-9-16)12-22-25-17(23-24-19(25)28-18(20)21)14-6-10-15(26-2)11-7-14/h4-12,18H,3H2,1-2H3/b22-12-. The lowest BCUT2D eigenvalue weighted by Crippen LogP contribution is -1.98. The van der Waals surface area contributed by atoms with Crippen LogP contribution < -0.4 is 9.47 Å². The summed E-state index contributed by atoms with van der Waals surface area (Å²) in [6.45, 7) is 2.48. The molecule has 0 spiro atoms. The quantitative estimate of drug-likeness (QED) is 0.407. The number of rotatable bonds is 8. The van der Waals surface area contributed by atoms with Crippen LogP contribution in [-0.4, -0.2) is 40.6 Å². The molecule has 3 rings (SSSR count). The summed E-state index contributed by atoms with van der Waals surface area (Å²) in [5.74, 6) is -0.855. The van der Waals surface area contributed by atoms with Crippen LogP contribution in [0.25, 0.3) is 11.4 Å². The molecular weight excluding hydrogens is 386 g/mol. The van der Waals surface area contributed by atoms with Gasteiger partial charge in [0.05, 0.1) is 19.9 Å². The van der Waals surface area contributed by atoms with Gasteiger partial charge in [-0.1, -0.05) is 0 Å². The summed E-state index contributed by atoms with van der Waals surface area (Å²) in [6.07, 6.45) is 1.56. The van der Waals surface area contributed by atoms with Crippen LogP contribution >= 0.6 is 11.8 Å². The molecule has 0 radical (unpaired) electrons. The van der Waals surface area contributed by atoms with Crippen LogP contribution in [-0.2, 0) is 0 Å². The Morgan fingerprint density at radius 2 is 1.75 bits per heavy atom. The molecule has 0 aliphatic carbocycles. The van der Waals surface area contributed by atoms with Gasteiger partial charge in [0.1, 0.15) is 11.5 Å². The first-order chi connectivity index (χ1) is 13.6. The van der Waals surface area contributed by atoms with E-state index in [9.17, 15) is 8.78 Å². The fourth-order valence-corrected chi connectivity index (χ4v) is 2.86. The third-order valence-corrected chi connectivity index (χ3v) is 4.31. The van der Waals surface area contributed by atoms with Crippen molar-refractivity contribution in [3.63, 3.8) is 0 Å². The summed E-state index contributed by atoms with van der Waals surface area (Å²) in [4.78, 5) is 0. The molecular formula is C19H18F2N4O2S. The van der Waals surface area contributed by atoms with E-state index in [1.54, 1.807) is 37.6 Å². The van der Waals surface area contributed by atoms with Gasteiger partial charge in [-0.25, -0.2) is 0 Å². The van der Waals surface area contributed by atoms with Crippen LogP contribution in [0, 0.1) is 0 Å². The van der Waals surface area contributed by atoms with Crippen molar-refractivity contribution in [2.24, 2.45) is 5.10 Å². The second-order valence-electron chi connectivity index (χ2n) is 5.47. The molecule has 0 amide bonds. The first-order valence-corrected chi connectivity index (χ1v) is 9.30. The Morgan fingerprint density at radius 1 is 1.07 bits per heavy atom. The highest BCUT2D eigenvalue weighted by Gasteiger charge is 2.18. The van der Waals surface area contributed by atoms with Crippen molar-refractivity contribution in [3.8, 4) is 22.9 Å². The van der Waals surface area contributed by atoms with Gasteiger partial charge in [-0.3, -0.25) is 0 Å². The van der Waals surface area contributed by atoms with E-state index in [-0.39, 0.29) is 16.9 Å². The predicted octanol–water partition coefficient (Wildman–Crippen LogP) is 4.55. The van der Waals surface area contributed by atoms with Crippen molar-refractivity contribution >= 4 is 18.0 Å². The first-order valence-electron chi connectivity index (χ1n) is 8.42. The molecule has 1 aromatic heterocycles. The molecule has 0 fully saturated rings. The van der Waals surface area contributed by atoms with Crippen molar-refractivity contribution in [1.82, 2.24) is 14.9 Å². The summed E-state index contributed by atoms with van der Waals surface area (Å²) in [7, 11) is 1.57. The second-order valence-corrected chi connectivity index (χ2v) is 6.43. The van der Waals surface area contributed by atoms with Crippen molar-refractivity contribution in [2.45, 2.75) is 17.8 Å². The van der Waals surface area contributed by atoms with E-state index in [0.717, 1.165) is 11.3 Å². The zero-order valence-electron chi connectivity index (χ0n) is 15.3. The number of hydrogen-bond acceptors (Lipinski definition) is 6. The Morgan fingerprint density at radius 3 is 2.36 bits per heavy atom. The molecule has 0 bridgehead atoms. The lowest BCUT2D eigenvalue weighted by molar-refractivity contribution is 0.251. The van der Waals surface area contributed by atoms with Gasteiger partial charge < -0.3 is 9.47 Å². The van der Waals surface area contributed by atoms with Crippen LogP contribution in [0.3, 0.4) is 0 Å². The van der Waals surface area contributed by atoms with Crippen LogP contribution in [0.1, 0.15) is 12.5 Å². The van der Waals surface area contributed by atoms with E-state index in [1.165, 1.54) is 4.68 Å². The minimum Gasteiger partial charge on any atom is -0.497 e. The molecule has 28 heavy (non-hydrogen) atoms. The molecule has 0 saturated carbocycles. The summed E-state index contributed by atoms with van der Waals surface area (Å²) in [5.41, 5.74) is 1.46. The number of halogens is 2. The number of thioether (sulfide) groups is 1. The maximum absolute atomic E-state index is 12.9. The minimum atomic E-state index is -2.63. The summed E-state index contributed by atoms with van der Waals surface area (Å²) in [5, 5.41) is 12.2. The van der Waals surface area contributed by atoms with Gasteiger partial charge in [0.15, 0.2) is 5.82 Å². The molecule has 0 N–H and O–H groups in total. The Labute approximate surface area is 165 Å². The topological polar surface area (TPSA) is 61.5 Å². The summed E-state index contributed by atoms with van der Waals surface area (Å²) in [6, 6.07) is 14.3. The van der Waals surface area contributed by atoms with Crippen LogP contribution in [0.5, 0.6) is 11.5 Å². The Balaban J connectivity index is 1.93. The molecule has 0 atom stereocenters. The molecule has 2 aromatic carbocycles. The highest BCUT2D eigenvalue weighted by atomic mass is 32.2. The molecule has 0 aliphatic rings. The normalized spacial score (nSPS) is 11.3. The predicted molar refractivity (Wildman–Crippen MR) is 104 cm³/mol. The number of alkyl halides is 2. The van der Waals surface area contributed by atoms with Crippen LogP contribution in [0.2, 0.25) is 0 Å². The van der Waals surface area contributed by atoms with E-state index >= 15 is 0 Å². The number of aromatic nitrogens is 3. The highest BCUT2D eigenvalue weighted by molar-refractivity contribution is 7.99. The summed E-state index contributed by atoms with van der Waals surface area (Å²) >= 11 is 0.290. The maximum atomic E-state index is 12.9. The van der Waals surface area contributed by atoms with E-state index in [0.29, 0.717) is 23.7 Å². The molecule has 0 aliphatic heterocycles. The summed E-state index contributed by atoms with van der Waals surface area (Å²) < 4.78 is 37.6. The number of nitrogens with zero attached hydrogens (tertiary/aromatic N) is 4. The zero-order valence-corrected chi connectivity index (χ0v) is 16.1. The largest absolute Gasteiger partial charge is 0.497 e. The lowest BCUT2D eigenvalue weighted by atomic mass is 10.2. The smallest absolute Gasteiger partial charge is 0.291 e. The van der Waals surface area contributed by atoms with Gasteiger partial charge >= 0.3 is 0 Å². The van der Waals surface area contributed by atoms with E-state index in [2.05, 4.69) is 15.3 Å². The number of benzene rings is 2. The van der Waals surface area contributed by atoms with Gasteiger partial charge in [-0.05, 0) is 72.8 Å². The molecule has 146 valence electrons. The van der Waals surface area contributed by atoms with Crippen molar-refractivity contribution < 1.29 is 18.3 Å².